The molecule has 0 amide bonds. The smallest absolute Gasteiger partial charge is 0.374 e. The Labute approximate surface area is 102 Å². The fourth-order valence-corrected chi connectivity index (χ4v) is 1.38. The van der Waals surface area contributed by atoms with Gasteiger partial charge in [-0.25, -0.2) is 4.79 Å². The molecule has 0 unspecified atom stereocenters. The van der Waals surface area contributed by atoms with E-state index in [0.29, 0.717) is 16.5 Å². The van der Waals surface area contributed by atoms with Crippen molar-refractivity contribution in [2.75, 3.05) is 0 Å². The molecule has 1 N–H and O–H groups in total. The normalized spacial score (nSPS) is 10.2. The van der Waals surface area contributed by atoms with Gasteiger partial charge in [0.1, 0.15) is 18.1 Å². The Kier molecular flexibility index (Phi) is 3.30. The SMILES string of the molecule is O=C(O)c1cc(COc2ccccc2Cl)no1. The van der Waals surface area contributed by atoms with Crippen molar-refractivity contribution >= 4 is 17.6 Å². The minimum Gasteiger partial charge on any atom is -0.486 e. The van der Waals surface area contributed by atoms with Crippen LogP contribution < -0.4 is 4.74 Å². The van der Waals surface area contributed by atoms with Crippen LogP contribution in [0, 0.1) is 0 Å². The van der Waals surface area contributed by atoms with Crippen molar-refractivity contribution in [1.29, 1.82) is 0 Å². The first-order chi connectivity index (χ1) is 8.16. The number of hydrogen-bond donors (Lipinski definition) is 1. The van der Waals surface area contributed by atoms with Gasteiger partial charge in [0.2, 0.25) is 5.76 Å². The molecule has 2 rings (SSSR count). The van der Waals surface area contributed by atoms with Crippen molar-refractivity contribution in [3.05, 3.63) is 46.8 Å². The van der Waals surface area contributed by atoms with E-state index in [2.05, 4.69) is 9.68 Å². The number of aromatic nitrogens is 1. The Hall–Kier alpha value is -2.01. The average molecular weight is 254 g/mol. The molecule has 2 aromatic rings. The van der Waals surface area contributed by atoms with Gasteiger partial charge in [0.15, 0.2) is 0 Å². The molecule has 5 nitrogen and oxygen atoms in total. The van der Waals surface area contributed by atoms with E-state index in [-0.39, 0.29) is 12.4 Å². The third-order valence-electron chi connectivity index (χ3n) is 1.98. The number of rotatable bonds is 4. The molecule has 6 heteroatoms. The Morgan fingerprint density at radius 2 is 2.24 bits per heavy atom. The van der Waals surface area contributed by atoms with Gasteiger partial charge in [-0.3, -0.25) is 0 Å². The Bertz CT molecular complexity index is 538. The summed E-state index contributed by atoms with van der Waals surface area (Å²) in [6.45, 7) is 0.0977. The lowest BCUT2D eigenvalue weighted by Gasteiger charge is -2.04. The van der Waals surface area contributed by atoms with Gasteiger partial charge >= 0.3 is 5.97 Å². The van der Waals surface area contributed by atoms with Crippen molar-refractivity contribution in [2.45, 2.75) is 6.61 Å². The summed E-state index contributed by atoms with van der Waals surface area (Å²) in [6.07, 6.45) is 0. The lowest BCUT2D eigenvalue weighted by Crippen LogP contribution is -1.96. The highest BCUT2D eigenvalue weighted by atomic mass is 35.5. The van der Waals surface area contributed by atoms with Crippen LogP contribution in [0.15, 0.2) is 34.9 Å². The molecule has 0 spiro atoms. The van der Waals surface area contributed by atoms with Crippen LogP contribution in [0.1, 0.15) is 16.2 Å². The van der Waals surface area contributed by atoms with Gasteiger partial charge in [0.25, 0.3) is 0 Å². The summed E-state index contributed by atoms with van der Waals surface area (Å²) in [7, 11) is 0. The highest BCUT2D eigenvalue weighted by Crippen LogP contribution is 2.23. The molecule has 1 aromatic carbocycles. The number of carboxylic acids is 1. The Morgan fingerprint density at radius 1 is 1.47 bits per heavy atom. The molecule has 0 bridgehead atoms. The molecular weight excluding hydrogens is 246 g/mol. The molecule has 17 heavy (non-hydrogen) atoms. The molecule has 0 aliphatic rings. The van der Waals surface area contributed by atoms with E-state index >= 15 is 0 Å². The number of nitrogens with zero attached hydrogens (tertiary/aromatic N) is 1. The standard InChI is InChI=1S/C11H8ClNO4/c12-8-3-1-2-4-9(8)16-6-7-5-10(11(14)15)17-13-7/h1-5H,6H2,(H,14,15). The summed E-state index contributed by atoms with van der Waals surface area (Å²) in [5.41, 5.74) is 0.391. The molecular formula is C11H8ClNO4. The van der Waals surface area contributed by atoms with Crippen LogP contribution in [-0.2, 0) is 6.61 Å². The van der Waals surface area contributed by atoms with Gasteiger partial charge in [-0.2, -0.15) is 0 Å². The number of aromatic carboxylic acids is 1. The number of halogens is 1. The minimum absolute atomic E-state index is 0.0977. The van der Waals surface area contributed by atoms with E-state index in [1.165, 1.54) is 6.07 Å². The number of benzene rings is 1. The maximum Gasteiger partial charge on any atom is 0.374 e. The molecule has 1 aromatic heterocycles. The van der Waals surface area contributed by atoms with Crippen LogP contribution in [-0.4, -0.2) is 16.2 Å². The number of ether oxygens (including phenoxy) is 1. The van der Waals surface area contributed by atoms with Crippen LogP contribution in [0.3, 0.4) is 0 Å². The number of hydrogen-bond acceptors (Lipinski definition) is 4. The van der Waals surface area contributed by atoms with Gasteiger partial charge in [-0.05, 0) is 12.1 Å². The van der Waals surface area contributed by atoms with Gasteiger partial charge in [0, 0.05) is 6.07 Å². The number of carbonyl (C=O) groups is 1. The molecule has 1 heterocycles. The van der Waals surface area contributed by atoms with E-state index in [0.717, 1.165) is 0 Å². The maximum absolute atomic E-state index is 10.5. The maximum atomic E-state index is 10.5. The first-order valence-electron chi connectivity index (χ1n) is 4.73. The van der Waals surface area contributed by atoms with E-state index in [9.17, 15) is 4.79 Å². The average Bonchev–Trinajstić information content (AvgIpc) is 2.77. The molecule has 0 radical (unpaired) electrons. The second-order valence-electron chi connectivity index (χ2n) is 3.21. The predicted molar refractivity (Wildman–Crippen MR) is 59.2 cm³/mol. The summed E-state index contributed by atoms with van der Waals surface area (Å²) in [6, 6.07) is 8.28. The monoisotopic (exact) mass is 253 g/mol. The minimum atomic E-state index is -1.17. The first kappa shape index (κ1) is 11.5. The lowest BCUT2D eigenvalue weighted by molar-refractivity contribution is 0.0651. The third-order valence-corrected chi connectivity index (χ3v) is 2.29. The van der Waals surface area contributed by atoms with Gasteiger partial charge < -0.3 is 14.4 Å². The molecule has 88 valence electrons. The highest BCUT2D eigenvalue weighted by molar-refractivity contribution is 6.32. The van der Waals surface area contributed by atoms with E-state index in [4.69, 9.17) is 21.4 Å². The number of para-hydroxylation sites is 1. The van der Waals surface area contributed by atoms with Crippen molar-refractivity contribution in [3.63, 3.8) is 0 Å². The Morgan fingerprint density at radius 3 is 2.88 bits per heavy atom. The summed E-state index contributed by atoms with van der Waals surface area (Å²) < 4.78 is 9.95. The largest absolute Gasteiger partial charge is 0.486 e. The second kappa shape index (κ2) is 4.88. The fraction of sp³-hybridized carbons (Fsp3) is 0.0909. The highest BCUT2D eigenvalue weighted by Gasteiger charge is 2.11. The van der Waals surface area contributed by atoms with Gasteiger partial charge in [0.05, 0.1) is 5.02 Å². The molecule has 0 saturated heterocycles. The van der Waals surface area contributed by atoms with E-state index in [1.807, 2.05) is 0 Å². The lowest BCUT2D eigenvalue weighted by atomic mass is 10.3. The summed E-state index contributed by atoms with van der Waals surface area (Å²) >= 11 is 5.88. The first-order valence-corrected chi connectivity index (χ1v) is 5.11. The molecule has 0 saturated carbocycles. The summed E-state index contributed by atoms with van der Waals surface area (Å²) in [5, 5.41) is 12.7. The topological polar surface area (TPSA) is 72.6 Å². The van der Waals surface area contributed by atoms with E-state index in [1.54, 1.807) is 24.3 Å². The fourth-order valence-electron chi connectivity index (χ4n) is 1.19. The summed E-state index contributed by atoms with van der Waals surface area (Å²) in [5.74, 6) is -0.877. The molecule has 0 aliphatic carbocycles. The van der Waals surface area contributed by atoms with Crippen molar-refractivity contribution in [3.8, 4) is 5.75 Å². The van der Waals surface area contributed by atoms with E-state index < -0.39 is 5.97 Å². The zero-order chi connectivity index (χ0) is 12.3. The van der Waals surface area contributed by atoms with Gasteiger partial charge in [-0.1, -0.05) is 28.9 Å². The molecule has 0 fully saturated rings. The van der Waals surface area contributed by atoms with Crippen molar-refractivity contribution < 1.29 is 19.2 Å². The van der Waals surface area contributed by atoms with Crippen LogP contribution in [0.5, 0.6) is 5.75 Å². The Balaban J connectivity index is 2.02. The van der Waals surface area contributed by atoms with Crippen molar-refractivity contribution in [1.82, 2.24) is 5.16 Å². The summed E-state index contributed by atoms with van der Waals surface area (Å²) in [4.78, 5) is 10.5. The third kappa shape index (κ3) is 2.76. The number of carboxylic acid groups (broad SMARTS) is 1. The second-order valence-corrected chi connectivity index (χ2v) is 3.61. The van der Waals surface area contributed by atoms with Crippen LogP contribution in [0.2, 0.25) is 5.02 Å². The zero-order valence-electron chi connectivity index (χ0n) is 8.59. The molecule has 0 aliphatic heterocycles. The zero-order valence-corrected chi connectivity index (χ0v) is 9.35. The predicted octanol–water partition coefficient (Wildman–Crippen LogP) is 2.61. The van der Waals surface area contributed by atoms with Crippen LogP contribution in [0.25, 0.3) is 0 Å². The van der Waals surface area contributed by atoms with Crippen LogP contribution in [0.4, 0.5) is 0 Å². The van der Waals surface area contributed by atoms with Crippen molar-refractivity contribution in [2.24, 2.45) is 0 Å². The van der Waals surface area contributed by atoms with Gasteiger partial charge in [-0.15, -0.1) is 0 Å². The quantitative estimate of drug-likeness (QED) is 0.907. The van der Waals surface area contributed by atoms with Crippen LogP contribution >= 0.6 is 11.6 Å². The molecule has 0 atom stereocenters.